The zero-order valence-corrected chi connectivity index (χ0v) is 17.5. The Hall–Kier alpha value is -1.93. The summed E-state index contributed by atoms with van der Waals surface area (Å²) in [6, 6.07) is 4.78. The van der Waals surface area contributed by atoms with Crippen molar-refractivity contribution in [3.05, 3.63) is 23.8 Å². The van der Waals surface area contributed by atoms with E-state index in [0.717, 1.165) is 51.4 Å². The molecule has 1 heterocycles. The van der Waals surface area contributed by atoms with Gasteiger partial charge in [0.1, 0.15) is 10.6 Å². The molecule has 8 heteroatoms. The standard InChI is InChI=1S/C21H28N2O5S/c1-28-18-11-10-14(12-19(18)29(26,27)22-15-6-2-3-7-15)13-23-20(24)16-8-4-5-9-17(16)21(23)25/h10-12,15-17,22H,2-9,13H2,1H3. The molecule has 2 aliphatic carbocycles. The molecule has 2 saturated carbocycles. The Labute approximate surface area is 171 Å². The number of hydrogen-bond acceptors (Lipinski definition) is 5. The van der Waals surface area contributed by atoms with Gasteiger partial charge in [-0.05, 0) is 43.4 Å². The van der Waals surface area contributed by atoms with E-state index in [-0.39, 0.29) is 46.9 Å². The summed E-state index contributed by atoms with van der Waals surface area (Å²) in [6.45, 7) is 0.0978. The van der Waals surface area contributed by atoms with E-state index in [1.54, 1.807) is 12.1 Å². The lowest BCUT2D eigenvalue weighted by atomic mass is 9.81. The van der Waals surface area contributed by atoms with Gasteiger partial charge >= 0.3 is 0 Å². The number of likely N-dealkylation sites (tertiary alicyclic amines) is 1. The largest absolute Gasteiger partial charge is 0.495 e. The third kappa shape index (κ3) is 3.92. The average molecular weight is 421 g/mol. The van der Waals surface area contributed by atoms with Crippen molar-refractivity contribution in [1.29, 1.82) is 0 Å². The summed E-state index contributed by atoms with van der Waals surface area (Å²) in [5, 5.41) is 0. The second kappa shape index (κ2) is 8.07. The van der Waals surface area contributed by atoms with E-state index in [1.807, 2.05) is 0 Å². The molecule has 29 heavy (non-hydrogen) atoms. The number of nitrogens with one attached hydrogen (secondary N) is 1. The number of ether oxygens (including phenoxy) is 1. The fraction of sp³-hybridized carbons (Fsp3) is 0.619. The van der Waals surface area contributed by atoms with Gasteiger partial charge in [-0.2, -0.15) is 0 Å². The Morgan fingerprint density at radius 2 is 1.59 bits per heavy atom. The molecule has 2 amide bonds. The van der Waals surface area contributed by atoms with E-state index in [2.05, 4.69) is 4.72 Å². The van der Waals surface area contributed by atoms with E-state index < -0.39 is 10.0 Å². The molecule has 1 aromatic rings. The van der Waals surface area contributed by atoms with Crippen LogP contribution in [0.2, 0.25) is 0 Å². The monoisotopic (exact) mass is 420 g/mol. The maximum atomic E-state index is 13.0. The number of nitrogens with zero attached hydrogens (tertiary/aromatic N) is 1. The van der Waals surface area contributed by atoms with Crippen molar-refractivity contribution in [3.8, 4) is 5.75 Å². The van der Waals surface area contributed by atoms with Gasteiger partial charge in [-0.25, -0.2) is 13.1 Å². The highest BCUT2D eigenvalue weighted by molar-refractivity contribution is 7.89. The van der Waals surface area contributed by atoms with Crippen molar-refractivity contribution in [3.63, 3.8) is 0 Å². The lowest BCUT2D eigenvalue weighted by molar-refractivity contribution is -0.140. The minimum absolute atomic E-state index is 0.0564. The van der Waals surface area contributed by atoms with Crippen molar-refractivity contribution in [2.45, 2.75) is 68.8 Å². The Kier molecular flexibility index (Phi) is 5.66. The van der Waals surface area contributed by atoms with Crippen LogP contribution in [0.4, 0.5) is 0 Å². The van der Waals surface area contributed by atoms with Gasteiger partial charge in [-0.1, -0.05) is 31.7 Å². The third-order valence-corrected chi connectivity index (χ3v) is 8.01. The van der Waals surface area contributed by atoms with E-state index >= 15 is 0 Å². The molecule has 1 aliphatic heterocycles. The topological polar surface area (TPSA) is 92.8 Å². The molecule has 0 aromatic heterocycles. The number of rotatable bonds is 6. The van der Waals surface area contributed by atoms with Crippen molar-refractivity contribution < 1.29 is 22.7 Å². The first-order chi connectivity index (χ1) is 13.9. The summed E-state index contributed by atoms with van der Waals surface area (Å²) in [5.41, 5.74) is 0.609. The SMILES string of the molecule is COc1ccc(CN2C(=O)C3CCCCC3C2=O)cc1S(=O)(=O)NC1CCCC1. The number of methoxy groups -OCH3 is 1. The zero-order chi connectivity index (χ0) is 20.6. The second-order valence-electron chi connectivity index (χ2n) is 8.35. The maximum Gasteiger partial charge on any atom is 0.244 e. The van der Waals surface area contributed by atoms with Crippen LogP contribution in [-0.4, -0.2) is 38.3 Å². The van der Waals surface area contributed by atoms with Gasteiger partial charge in [-0.15, -0.1) is 0 Å². The maximum absolute atomic E-state index is 13.0. The number of imide groups is 1. The van der Waals surface area contributed by atoms with Crippen LogP contribution in [0.1, 0.15) is 56.9 Å². The highest BCUT2D eigenvalue weighted by atomic mass is 32.2. The molecule has 3 fully saturated rings. The summed E-state index contributed by atoms with van der Waals surface area (Å²) in [4.78, 5) is 26.8. The van der Waals surface area contributed by atoms with Crippen molar-refractivity contribution in [2.24, 2.45) is 11.8 Å². The van der Waals surface area contributed by atoms with Crippen LogP contribution < -0.4 is 9.46 Å². The van der Waals surface area contributed by atoms with E-state index in [1.165, 1.54) is 18.1 Å². The number of carbonyl (C=O) groups excluding carboxylic acids is 2. The van der Waals surface area contributed by atoms with E-state index in [0.29, 0.717) is 5.56 Å². The molecule has 1 saturated heterocycles. The summed E-state index contributed by atoms with van der Waals surface area (Å²) < 4.78 is 33.9. The highest BCUT2D eigenvalue weighted by Gasteiger charge is 2.47. The highest BCUT2D eigenvalue weighted by Crippen LogP contribution is 2.39. The lowest BCUT2D eigenvalue weighted by Crippen LogP contribution is -2.33. The Morgan fingerprint density at radius 3 is 2.17 bits per heavy atom. The molecule has 1 aromatic carbocycles. The van der Waals surface area contributed by atoms with E-state index in [9.17, 15) is 18.0 Å². The molecular formula is C21H28N2O5S. The predicted octanol–water partition coefficient (Wildman–Crippen LogP) is 2.59. The van der Waals surface area contributed by atoms with Crippen LogP contribution in [0.3, 0.4) is 0 Å². The Morgan fingerprint density at radius 1 is 1.00 bits per heavy atom. The lowest BCUT2D eigenvalue weighted by Gasteiger charge is -2.19. The first-order valence-corrected chi connectivity index (χ1v) is 11.9. The molecule has 0 radical (unpaired) electrons. The van der Waals surface area contributed by atoms with Crippen LogP contribution in [0.5, 0.6) is 5.75 Å². The molecule has 0 spiro atoms. The number of hydrogen-bond donors (Lipinski definition) is 1. The first kappa shape index (κ1) is 20.3. The molecule has 3 aliphatic rings. The molecule has 2 unspecified atom stereocenters. The predicted molar refractivity (Wildman–Crippen MR) is 107 cm³/mol. The quantitative estimate of drug-likeness (QED) is 0.714. The Balaban J connectivity index is 1.58. The fourth-order valence-corrected chi connectivity index (χ4v) is 6.45. The van der Waals surface area contributed by atoms with Crippen molar-refractivity contribution >= 4 is 21.8 Å². The van der Waals surface area contributed by atoms with Gasteiger partial charge in [-0.3, -0.25) is 14.5 Å². The normalized spacial score (nSPS) is 25.5. The van der Waals surface area contributed by atoms with Gasteiger partial charge in [0, 0.05) is 6.04 Å². The molecule has 7 nitrogen and oxygen atoms in total. The summed E-state index contributed by atoms with van der Waals surface area (Å²) in [6.07, 6.45) is 7.19. The minimum atomic E-state index is -3.75. The third-order valence-electron chi connectivity index (χ3n) is 6.47. The van der Waals surface area contributed by atoms with Gasteiger partial charge in [0.25, 0.3) is 0 Å². The average Bonchev–Trinajstić information content (AvgIpc) is 3.30. The zero-order valence-electron chi connectivity index (χ0n) is 16.7. The van der Waals surface area contributed by atoms with Gasteiger partial charge in [0.15, 0.2) is 0 Å². The number of benzene rings is 1. The van der Waals surface area contributed by atoms with Gasteiger partial charge < -0.3 is 4.74 Å². The molecule has 158 valence electrons. The number of sulfonamides is 1. The van der Waals surface area contributed by atoms with Gasteiger partial charge in [0.2, 0.25) is 21.8 Å². The molecule has 4 rings (SSSR count). The summed E-state index contributed by atoms with van der Waals surface area (Å²) in [5.74, 6) is -0.400. The van der Waals surface area contributed by atoms with Crippen LogP contribution in [0.25, 0.3) is 0 Å². The van der Waals surface area contributed by atoms with Crippen molar-refractivity contribution in [1.82, 2.24) is 9.62 Å². The number of carbonyl (C=O) groups is 2. The number of amides is 2. The van der Waals surface area contributed by atoms with Crippen LogP contribution in [0.15, 0.2) is 23.1 Å². The van der Waals surface area contributed by atoms with Crippen molar-refractivity contribution in [2.75, 3.05) is 7.11 Å². The summed E-state index contributed by atoms with van der Waals surface area (Å²) >= 11 is 0. The first-order valence-electron chi connectivity index (χ1n) is 10.4. The molecule has 0 bridgehead atoms. The van der Waals surface area contributed by atoms with Gasteiger partial charge in [0.05, 0.1) is 25.5 Å². The minimum Gasteiger partial charge on any atom is -0.495 e. The smallest absolute Gasteiger partial charge is 0.244 e. The second-order valence-corrected chi connectivity index (χ2v) is 10.0. The molecule has 2 atom stereocenters. The fourth-order valence-electron chi connectivity index (χ4n) is 4.93. The van der Waals surface area contributed by atoms with E-state index in [4.69, 9.17) is 4.74 Å². The molecular weight excluding hydrogens is 392 g/mol. The number of fused-ring (bicyclic) bond motifs is 1. The summed E-state index contributed by atoms with van der Waals surface area (Å²) in [7, 11) is -2.32. The van der Waals surface area contributed by atoms with Crippen LogP contribution >= 0.6 is 0 Å². The van der Waals surface area contributed by atoms with Crippen LogP contribution in [0, 0.1) is 11.8 Å². The van der Waals surface area contributed by atoms with Crippen LogP contribution in [-0.2, 0) is 26.2 Å². The Bertz CT molecular complexity index is 884. The molecule has 1 N–H and O–H groups in total.